The summed E-state index contributed by atoms with van der Waals surface area (Å²) in [5.74, 6) is -1.43. The monoisotopic (exact) mass is 210 g/mol. The lowest BCUT2D eigenvalue weighted by Gasteiger charge is -2.17. The van der Waals surface area contributed by atoms with Gasteiger partial charge < -0.3 is 15.3 Å². The van der Waals surface area contributed by atoms with Gasteiger partial charge in [0.05, 0.1) is 0 Å². The average Bonchev–Trinajstić information content (AvgIpc) is 2.20. The van der Waals surface area contributed by atoms with Gasteiger partial charge in [-0.15, -0.1) is 0 Å². The molecular formula is C11H14O4. The summed E-state index contributed by atoms with van der Waals surface area (Å²) < 4.78 is 0. The van der Waals surface area contributed by atoms with Gasteiger partial charge in [0.2, 0.25) is 0 Å². The molecule has 0 spiro atoms. The van der Waals surface area contributed by atoms with E-state index >= 15 is 0 Å². The van der Waals surface area contributed by atoms with Crippen LogP contribution in [0.1, 0.15) is 22.8 Å². The first kappa shape index (κ1) is 11.7. The number of carbonyl (C=O) groups is 1. The van der Waals surface area contributed by atoms with Gasteiger partial charge in [-0.2, -0.15) is 0 Å². The van der Waals surface area contributed by atoms with Crippen LogP contribution in [0.3, 0.4) is 0 Å². The molecular weight excluding hydrogens is 196 g/mol. The summed E-state index contributed by atoms with van der Waals surface area (Å²) in [5.41, 5.74) is 2.19. The second-order valence-corrected chi connectivity index (χ2v) is 3.52. The number of aliphatic hydroxyl groups is 2. The highest BCUT2D eigenvalue weighted by molar-refractivity contribution is 5.73. The summed E-state index contributed by atoms with van der Waals surface area (Å²) in [4.78, 5) is 10.5. The van der Waals surface area contributed by atoms with Gasteiger partial charge in [-0.25, -0.2) is 4.79 Å². The normalized spacial score (nSPS) is 14.7. The van der Waals surface area contributed by atoms with Gasteiger partial charge in [-0.1, -0.05) is 18.2 Å². The van der Waals surface area contributed by atoms with Crippen molar-refractivity contribution in [1.82, 2.24) is 0 Å². The number of benzene rings is 1. The van der Waals surface area contributed by atoms with Crippen molar-refractivity contribution >= 4 is 5.97 Å². The Balaban J connectivity index is 3.06. The highest BCUT2D eigenvalue weighted by Gasteiger charge is 2.26. The quantitative estimate of drug-likeness (QED) is 0.689. The zero-order valence-electron chi connectivity index (χ0n) is 8.64. The van der Waals surface area contributed by atoms with E-state index in [-0.39, 0.29) is 0 Å². The molecule has 0 aliphatic heterocycles. The third-order valence-corrected chi connectivity index (χ3v) is 2.52. The molecule has 0 aliphatic carbocycles. The second-order valence-electron chi connectivity index (χ2n) is 3.52. The number of aliphatic hydroxyl groups excluding tert-OH is 2. The van der Waals surface area contributed by atoms with E-state index in [1.807, 2.05) is 13.0 Å². The van der Waals surface area contributed by atoms with E-state index in [1.165, 1.54) is 0 Å². The smallest absolute Gasteiger partial charge is 0.335 e. The van der Waals surface area contributed by atoms with Crippen molar-refractivity contribution in [2.45, 2.75) is 26.1 Å². The van der Waals surface area contributed by atoms with Crippen LogP contribution in [0.25, 0.3) is 0 Å². The maximum Gasteiger partial charge on any atom is 0.335 e. The summed E-state index contributed by atoms with van der Waals surface area (Å²) in [7, 11) is 0. The molecule has 0 heterocycles. The SMILES string of the molecule is Cc1cccc(C(O)C(O)C(=O)O)c1C. The van der Waals surface area contributed by atoms with Crippen molar-refractivity contribution in [2.75, 3.05) is 0 Å². The average molecular weight is 210 g/mol. The lowest BCUT2D eigenvalue weighted by molar-refractivity contribution is -0.153. The van der Waals surface area contributed by atoms with Crippen LogP contribution in [0.5, 0.6) is 0 Å². The number of hydrogen-bond acceptors (Lipinski definition) is 3. The van der Waals surface area contributed by atoms with Gasteiger partial charge in [-0.3, -0.25) is 0 Å². The maximum atomic E-state index is 10.5. The van der Waals surface area contributed by atoms with Crippen LogP contribution in [0.15, 0.2) is 18.2 Å². The van der Waals surface area contributed by atoms with E-state index in [4.69, 9.17) is 5.11 Å². The van der Waals surface area contributed by atoms with Gasteiger partial charge in [0.1, 0.15) is 6.10 Å². The molecule has 0 saturated carbocycles. The van der Waals surface area contributed by atoms with Crippen molar-refractivity contribution in [3.63, 3.8) is 0 Å². The Bertz CT molecular complexity index is 373. The van der Waals surface area contributed by atoms with Crippen molar-refractivity contribution < 1.29 is 20.1 Å². The first-order chi connectivity index (χ1) is 6.95. The Morgan fingerprint density at radius 2 is 1.87 bits per heavy atom. The summed E-state index contributed by atoms with van der Waals surface area (Å²) in [6.45, 7) is 3.64. The molecule has 0 fully saturated rings. The van der Waals surface area contributed by atoms with Gasteiger partial charge in [-0.05, 0) is 30.5 Å². The van der Waals surface area contributed by atoms with Gasteiger partial charge in [0.15, 0.2) is 6.10 Å². The number of carboxylic acid groups (broad SMARTS) is 1. The standard InChI is InChI=1S/C11H14O4/c1-6-4-3-5-8(7(6)2)9(12)10(13)11(14)15/h3-5,9-10,12-13H,1-2H3,(H,14,15). The topological polar surface area (TPSA) is 77.8 Å². The molecule has 82 valence electrons. The Morgan fingerprint density at radius 3 is 2.40 bits per heavy atom. The van der Waals surface area contributed by atoms with Gasteiger partial charge in [0.25, 0.3) is 0 Å². The van der Waals surface area contributed by atoms with Crippen molar-refractivity contribution in [1.29, 1.82) is 0 Å². The molecule has 1 aromatic carbocycles. The molecule has 0 amide bonds. The second kappa shape index (κ2) is 4.42. The van der Waals surface area contributed by atoms with Crippen molar-refractivity contribution in [3.05, 3.63) is 34.9 Å². The predicted octanol–water partition coefficient (Wildman–Crippen LogP) is 0.782. The number of rotatable bonds is 3. The Kier molecular flexibility index (Phi) is 3.44. The molecule has 2 atom stereocenters. The lowest BCUT2D eigenvalue weighted by Crippen LogP contribution is -2.28. The molecule has 0 radical (unpaired) electrons. The fourth-order valence-electron chi connectivity index (χ4n) is 1.40. The predicted molar refractivity (Wildman–Crippen MR) is 54.5 cm³/mol. The minimum Gasteiger partial charge on any atom is -0.479 e. The number of aryl methyl sites for hydroxylation is 1. The minimum absolute atomic E-state index is 0.449. The van der Waals surface area contributed by atoms with Gasteiger partial charge in [0, 0.05) is 0 Å². The van der Waals surface area contributed by atoms with E-state index in [2.05, 4.69) is 0 Å². The highest BCUT2D eigenvalue weighted by atomic mass is 16.4. The van der Waals surface area contributed by atoms with Crippen molar-refractivity contribution in [2.24, 2.45) is 0 Å². The fraction of sp³-hybridized carbons (Fsp3) is 0.364. The first-order valence-corrected chi connectivity index (χ1v) is 4.60. The fourth-order valence-corrected chi connectivity index (χ4v) is 1.40. The Labute approximate surface area is 87.8 Å². The van der Waals surface area contributed by atoms with Crippen molar-refractivity contribution in [3.8, 4) is 0 Å². The minimum atomic E-state index is -1.79. The molecule has 3 N–H and O–H groups in total. The third kappa shape index (κ3) is 2.34. The van der Waals surface area contributed by atoms with Gasteiger partial charge >= 0.3 is 5.97 Å². The summed E-state index contributed by atoms with van der Waals surface area (Å²) in [5, 5.41) is 27.4. The molecule has 2 unspecified atom stereocenters. The van der Waals surface area contributed by atoms with E-state index in [9.17, 15) is 15.0 Å². The third-order valence-electron chi connectivity index (χ3n) is 2.52. The number of carboxylic acids is 1. The molecule has 0 bridgehead atoms. The van der Waals surface area contributed by atoms with E-state index in [0.29, 0.717) is 5.56 Å². The molecule has 0 aliphatic rings. The van der Waals surface area contributed by atoms with E-state index in [1.54, 1.807) is 19.1 Å². The summed E-state index contributed by atoms with van der Waals surface area (Å²) >= 11 is 0. The lowest BCUT2D eigenvalue weighted by atomic mass is 9.96. The molecule has 1 aromatic rings. The van der Waals surface area contributed by atoms with Crippen LogP contribution < -0.4 is 0 Å². The molecule has 1 rings (SSSR count). The maximum absolute atomic E-state index is 10.5. The number of aliphatic carboxylic acids is 1. The van der Waals surface area contributed by atoms with Crippen LogP contribution in [-0.2, 0) is 4.79 Å². The zero-order valence-corrected chi connectivity index (χ0v) is 8.64. The van der Waals surface area contributed by atoms with Crippen LogP contribution >= 0.6 is 0 Å². The molecule has 4 nitrogen and oxygen atoms in total. The largest absolute Gasteiger partial charge is 0.479 e. The Hall–Kier alpha value is -1.39. The molecule has 0 saturated heterocycles. The number of hydrogen-bond donors (Lipinski definition) is 3. The van der Waals surface area contributed by atoms with Crippen LogP contribution in [-0.4, -0.2) is 27.4 Å². The Morgan fingerprint density at radius 1 is 1.27 bits per heavy atom. The first-order valence-electron chi connectivity index (χ1n) is 4.60. The van der Waals surface area contributed by atoms with Crippen LogP contribution in [0, 0.1) is 13.8 Å². The zero-order chi connectivity index (χ0) is 11.6. The highest BCUT2D eigenvalue weighted by Crippen LogP contribution is 2.23. The van der Waals surface area contributed by atoms with E-state index in [0.717, 1.165) is 11.1 Å². The molecule has 0 aromatic heterocycles. The van der Waals surface area contributed by atoms with Crippen LogP contribution in [0.2, 0.25) is 0 Å². The van der Waals surface area contributed by atoms with E-state index < -0.39 is 18.2 Å². The summed E-state index contributed by atoms with van der Waals surface area (Å²) in [6, 6.07) is 5.19. The molecule has 15 heavy (non-hydrogen) atoms. The molecule has 4 heteroatoms. The van der Waals surface area contributed by atoms with Crippen LogP contribution in [0.4, 0.5) is 0 Å². The summed E-state index contributed by atoms with van der Waals surface area (Å²) in [6.07, 6.45) is -3.17.